The largest absolute Gasteiger partial charge is 0.361 e. The van der Waals surface area contributed by atoms with E-state index >= 15 is 0 Å². The molecule has 0 spiro atoms. The second-order valence-electron chi connectivity index (χ2n) is 16.3. The molecule has 5 nitrogen and oxygen atoms in total. The summed E-state index contributed by atoms with van der Waals surface area (Å²) in [6.07, 6.45) is 2.00. The van der Waals surface area contributed by atoms with Gasteiger partial charge < -0.3 is 9.97 Å². The maximum absolute atomic E-state index is 5.50. The highest BCUT2D eigenvalue weighted by Gasteiger charge is 2.24. The number of rotatable bonds is 4. The summed E-state index contributed by atoms with van der Waals surface area (Å²) in [6.45, 7) is 15.8. The van der Waals surface area contributed by atoms with Gasteiger partial charge in [0.05, 0.1) is 22.2 Å². The van der Waals surface area contributed by atoms with Crippen LogP contribution >= 0.6 is 0 Å². The van der Waals surface area contributed by atoms with Gasteiger partial charge in [0.15, 0.2) is 5.82 Å². The zero-order valence-corrected chi connectivity index (χ0v) is 30.9. The molecule has 0 amide bonds. The van der Waals surface area contributed by atoms with Crippen LogP contribution in [0.3, 0.4) is 0 Å². The molecule has 9 aromatic rings. The first-order valence-electron chi connectivity index (χ1n) is 18.2. The van der Waals surface area contributed by atoms with E-state index in [4.69, 9.17) is 10.1 Å². The zero-order chi connectivity index (χ0) is 35.9. The third-order valence-corrected chi connectivity index (χ3v) is 10.5. The summed E-state index contributed by atoms with van der Waals surface area (Å²) in [5.41, 5.74) is 14.3. The number of aryl methyl sites for hydroxylation is 1. The molecule has 0 aliphatic rings. The topological polar surface area (TPSA) is 62.3 Å². The maximum Gasteiger partial charge on any atom is 0.155 e. The third-order valence-electron chi connectivity index (χ3n) is 10.5. The van der Waals surface area contributed by atoms with Gasteiger partial charge in [-0.05, 0) is 106 Å². The van der Waals surface area contributed by atoms with Crippen molar-refractivity contribution in [1.82, 2.24) is 24.7 Å². The Kier molecular flexibility index (Phi) is 7.10. The van der Waals surface area contributed by atoms with E-state index in [0.717, 1.165) is 66.9 Å². The lowest BCUT2D eigenvalue weighted by atomic mass is 9.83. The van der Waals surface area contributed by atoms with Gasteiger partial charge in [-0.25, -0.2) is 9.67 Å². The zero-order valence-electron chi connectivity index (χ0n) is 30.9. The number of hydrogen-bond acceptors (Lipinski definition) is 2. The Hall–Kier alpha value is -5.94. The van der Waals surface area contributed by atoms with Crippen LogP contribution in [-0.4, -0.2) is 24.7 Å². The second kappa shape index (κ2) is 11.5. The Morgan fingerprint density at radius 1 is 0.596 bits per heavy atom. The average molecular weight is 678 g/mol. The minimum atomic E-state index is -0.0655. The number of nitrogens with zero attached hydrogens (tertiary/aromatic N) is 3. The summed E-state index contributed by atoms with van der Waals surface area (Å²) < 4.78 is 2.04. The summed E-state index contributed by atoms with van der Waals surface area (Å²) in [5, 5.41) is 10.2. The lowest BCUT2D eigenvalue weighted by Crippen LogP contribution is -2.11. The van der Waals surface area contributed by atoms with Gasteiger partial charge in [-0.2, -0.15) is 5.10 Å². The van der Waals surface area contributed by atoms with E-state index in [1.165, 1.54) is 32.8 Å². The Morgan fingerprint density at radius 3 is 2.13 bits per heavy atom. The normalized spacial score (nSPS) is 12.5. The fourth-order valence-electron chi connectivity index (χ4n) is 7.61. The molecule has 4 aromatic heterocycles. The van der Waals surface area contributed by atoms with Crippen LogP contribution in [0.25, 0.3) is 83.1 Å². The van der Waals surface area contributed by atoms with E-state index in [2.05, 4.69) is 174 Å². The monoisotopic (exact) mass is 677 g/mol. The van der Waals surface area contributed by atoms with Crippen LogP contribution in [0.4, 0.5) is 0 Å². The number of H-pyrrole nitrogens is 2. The molecular weight excluding hydrogens is 635 g/mol. The Bertz CT molecular complexity index is 2810. The minimum Gasteiger partial charge on any atom is -0.361 e. The standard InChI is InChI=1S/C47H43N5/c1-28-21-30-19-20-48-43(30)37(22-28)40-23-31(29-13-9-8-10-14-29)24-42(49-40)52-41-16-12-11-15-34(41)45(51-52)38-27-33(47(5,6)7)26-36-35-25-32(46(2,3)4)17-18-39(35)50-44(36)38/h8-27,48,50H,1-7H3. The van der Waals surface area contributed by atoms with Gasteiger partial charge >= 0.3 is 0 Å². The SMILES string of the molecule is Cc1cc(-c2cc(-c3ccccc3)cc(-n3nc(-c4cc(C(C)(C)C)cc5c4[nH]c4ccc(C(C)(C)C)cc45)c4ccccc43)n2)c2[nH]ccc2c1. The van der Waals surface area contributed by atoms with Gasteiger partial charge in [-0.3, -0.25) is 0 Å². The molecule has 0 bridgehead atoms. The van der Waals surface area contributed by atoms with Crippen LogP contribution in [0.5, 0.6) is 0 Å². The van der Waals surface area contributed by atoms with Gasteiger partial charge in [-0.1, -0.05) is 96.1 Å². The smallest absolute Gasteiger partial charge is 0.155 e. The predicted octanol–water partition coefficient (Wildman–Crippen LogP) is 12.4. The van der Waals surface area contributed by atoms with Crippen molar-refractivity contribution >= 4 is 43.6 Å². The van der Waals surface area contributed by atoms with E-state index < -0.39 is 0 Å². The molecule has 0 unspecified atom stereocenters. The molecule has 5 heteroatoms. The molecule has 256 valence electrons. The number of pyridine rings is 1. The number of para-hydroxylation sites is 1. The van der Waals surface area contributed by atoms with Gasteiger partial charge in [0.2, 0.25) is 0 Å². The van der Waals surface area contributed by atoms with Crippen LogP contribution in [0, 0.1) is 6.92 Å². The van der Waals surface area contributed by atoms with E-state index in [0.29, 0.717) is 0 Å². The van der Waals surface area contributed by atoms with Crippen molar-refractivity contribution in [2.75, 3.05) is 0 Å². The molecule has 0 fully saturated rings. The van der Waals surface area contributed by atoms with E-state index in [-0.39, 0.29) is 10.8 Å². The molecule has 9 rings (SSSR count). The molecule has 2 N–H and O–H groups in total. The second-order valence-corrected chi connectivity index (χ2v) is 16.3. The molecular formula is C47H43N5. The fraction of sp³-hybridized carbons (Fsp3) is 0.191. The molecule has 0 saturated carbocycles. The van der Waals surface area contributed by atoms with Gasteiger partial charge in [0.1, 0.15) is 5.69 Å². The van der Waals surface area contributed by atoms with E-state index in [1.54, 1.807) is 0 Å². The summed E-state index contributed by atoms with van der Waals surface area (Å²) in [4.78, 5) is 12.7. The van der Waals surface area contributed by atoms with Crippen molar-refractivity contribution in [3.63, 3.8) is 0 Å². The van der Waals surface area contributed by atoms with Gasteiger partial charge in [0, 0.05) is 44.4 Å². The molecule has 0 atom stereocenters. The summed E-state index contributed by atoms with van der Waals surface area (Å²) in [5.74, 6) is 0.773. The first-order chi connectivity index (χ1) is 24.9. The van der Waals surface area contributed by atoms with Crippen LogP contribution in [0.1, 0.15) is 58.2 Å². The van der Waals surface area contributed by atoms with Crippen LogP contribution in [0.15, 0.2) is 121 Å². The number of aromatic amines is 2. The van der Waals surface area contributed by atoms with Crippen molar-refractivity contribution in [2.45, 2.75) is 59.3 Å². The van der Waals surface area contributed by atoms with Crippen molar-refractivity contribution in [3.8, 4) is 39.5 Å². The van der Waals surface area contributed by atoms with Crippen molar-refractivity contribution in [3.05, 3.63) is 138 Å². The minimum absolute atomic E-state index is 0.0441. The van der Waals surface area contributed by atoms with E-state index in [9.17, 15) is 0 Å². The fourth-order valence-corrected chi connectivity index (χ4v) is 7.61. The molecule has 0 radical (unpaired) electrons. The van der Waals surface area contributed by atoms with Crippen molar-refractivity contribution in [2.24, 2.45) is 0 Å². The molecule has 0 aliphatic heterocycles. The average Bonchev–Trinajstić information content (AvgIpc) is 3.86. The van der Waals surface area contributed by atoms with Crippen LogP contribution < -0.4 is 0 Å². The maximum atomic E-state index is 5.50. The number of fused-ring (bicyclic) bond motifs is 5. The predicted molar refractivity (Wildman–Crippen MR) is 219 cm³/mol. The third kappa shape index (κ3) is 5.31. The lowest BCUT2D eigenvalue weighted by Gasteiger charge is -2.21. The first-order valence-corrected chi connectivity index (χ1v) is 18.2. The highest BCUT2D eigenvalue weighted by Crippen LogP contribution is 2.41. The van der Waals surface area contributed by atoms with E-state index in [1.807, 2.05) is 10.9 Å². The quantitative estimate of drug-likeness (QED) is 0.195. The number of aromatic nitrogens is 5. The summed E-state index contributed by atoms with van der Waals surface area (Å²) in [6, 6.07) is 41.6. The van der Waals surface area contributed by atoms with Crippen LogP contribution in [0.2, 0.25) is 0 Å². The van der Waals surface area contributed by atoms with Gasteiger partial charge in [-0.15, -0.1) is 0 Å². The van der Waals surface area contributed by atoms with Crippen molar-refractivity contribution in [1.29, 1.82) is 0 Å². The Balaban J connectivity index is 1.33. The number of hydrogen-bond donors (Lipinski definition) is 2. The lowest BCUT2D eigenvalue weighted by molar-refractivity contribution is 0.590. The van der Waals surface area contributed by atoms with Crippen LogP contribution in [-0.2, 0) is 10.8 Å². The molecule has 0 saturated heterocycles. The Morgan fingerprint density at radius 2 is 1.35 bits per heavy atom. The molecule has 0 aliphatic carbocycles. The molecule has 5 aromatic carbocycles. The molecule has 4 heterocycles. The first kappa shape index (κ1) is 32.0. The summed E-state index contributed by atoms with van der Waals surface area (Å²) >= 11 is 0. The number of benzene rings is 5. The highest BCUT2D eigenvalue weighted by molar-refractivity contribution is 6.14. The number of nitrogens with one attached hydrogen (secondary N) is 2. The van der Waals surface area contributed by atoms with Crippen molar-refractivity contribution < 1.29 is 0 Å². The summed E-state index contributed by atoms with van der Waals surface area (Å²) in [7, 11) is 0. The Labute approximate surface area is 304 Å². The molecule has 52 heavy (non-hydrogen) atoms. The highest BCUT2D eigenvalue weighted by atomic mass is 15.3. The van der Waals surface area contributed by atoms with Gasteiger partial charge in [0.25, 0.3) is 0 Å².